The molecule has 1 aromatic heterocycles. The topological polar surface area (TPSA) is 93.2 Å². The SMILES string of the molecule is COc1cccc(C(=O)N[C@@H](Cc2ccccc2)C(=O)Nc2nnc(-c3ccc(Br)cc3)s2)c1. The number of nitrogens with one attached hydrogen (secondary N) is 2. The molecule has 4 rings (SSSR count). The molecule has 34 heavy (non-hydrogen) atoms. The zero-order valence-corrected chi connectivity index (χ0v) is 20.6. The number of hydrogen-bond acceptors (Lipinski definition) is 6. The van der Waals surface area contributed by atoms with Crippen molar-refractivity contribution in [3.05, 3.63) is 94.5 Å². The van der Waals surface area contributed by atoms with Crippen LogP contribution in [0.2, 0.25) is 0 Å². The van der Waals surface area contributed by atoms with Gasteiger partial charge in [0.1, 0.15) is 16.8 Å². The number of ether oxygens (including phenoxy) is 1. The molecule has 0 saturated heterocycles. The summed E-state index contributed by atoms with van der Waals surface area (Å²) in [7, 11) is 1.53. The summed E-state index contributed by atoms with van der Waals surface area (Å²) in [5.74, 6) is -0.188. The third-order valence-electron chi connectivity index (χ3n) is 4.98. The van der Waals surface area contributed by atoms with Crippen LogP contribution in [0.25, 0.3) is 10.6 Å². The van der Waals surface area contributed by atoms with Crippen LogP contribution in [0.3, 0.4) is 0 Å². The minimum absolute atomic E-state index is 0.320. The number of carbonyl (C=O) groups excluding carboxylic acids is 2. The number of carbonyl (C=O) groups is 2. The van der Waals surface area contributed by atoms with Gasteiger partial charge >= 0.3 is 0 Å². The van der Waals surface area contributed by atoms with Gasteiger partial charge in [0.15, 0.2) is 0 Å². The van der Waals surface area contributed by atoms with E-state index in [0.29, 0.717) is 27.9 Å². The molecule has 0 radical (unpaired) electrons. The molecule has 172 valence electrons. The number of anilines is 1. The van der Waals surface area contributed by atoms with Crippen LogP contribution in [0.5, 0.6) is 5.75 Å². The molecule has 0 aliphatic heterocycles. The highest BCUT2D eigenvalue weighted by molar-refractivity contribution is 9.10. The van der Waals surface area contributed by atoms with Crippen molar-refractivity contribution in [1.29, 1.82) is 0 Å². The van der Waals surface area contributed by atoms with E-state index >= 15 is 0 Å². The summed E-state index contributed by atoms with van der Waals surface area (Å²) < 4.78 is 6.16. The van der Waals surface area contributed by atoms with Crippen LogP contribution in [0, 0.1) is 0 Å². The quantitative estimate of drug-likeness (QED) is 0.332. The van der Waals surface area contributed by atoms with Crippen LogP contribution in [-0.2, 0) is 11.2 Å². The summed E-state index contributed by atoms with van der Waals surface area (Å²) in [6, 6.07) is 23.1. The molecule has 0 aliphatic carbocycles. The fourth-order valence-electron chi connectivity index (χ4n) is 3.24. The van der Waals surface area contributed by atoms with E-state index in [1.54, 1.807) is 24.3 Å². The number of benzene rings is 3. The number of hydrogen-bond donors (Lipinski definition) is 2. The molecular weight excluding hydrogens is 516 g/mol. The molecule has 0 unspecified atom stereocenters. The van der Waals surface area contributed by atoms with E-state index < -0.39 is 6.04 Å². The second-order valence-electron chi connectivity index (χ2n) is 7.36. The Morgan fingerprint density at radius 3 is 2.50 bits per heavy atom. The van der Waals surface area contributed by atoms with Crippen molar-refractivity contribution in [2.75, 3.05) is 12.4 Å². The van der Waals surface area contributed by atoms with Gasteiger partial charge in [0, 0.05) is 22.0 Å². The lowest BCUT2D eigenvalue weighted by Crippen LogP contribution is -2.45. The lowest BCUT2D eigenvalue weighted by molar-refractivity contribution is -0.118. The Morgan fingerprint density at radius 2 is 1.76 bits per heavy atom. The van der Waals surface area contributed by atoms with Crippen LogP contribution in [0.4, 0.5) is 5.13 Å². The Morgan fingerprint density at radius 1 is 1.00 bits per heavy atom. The molecule has 1 heterocycles. The monoisotopic (exact) mass is 536 g/mol. The van der Waals surface area contributed by atoms with Crippen LogP contribution in [0.15, 0.2) is 83.3 Å². The Balaban J connectivity index is 1.51. The fourth-order valence-corrected chi connectivity index (χ4v) is 4.26. The van der Waals surface area contributed by atoms with Crippen LogP contribution >= 0.6 is 27.3 Å². The van der Waals surface area contributed by atoms with Crippen molar-refractivity contribution in [3.63, 3.8) is 0 Å². The van der Waals surface area contributed by atoms with Gasteiger partial charge in [-0.15, -0.1) is 10.2 Å². The van der Waals surface area contributed by atoms with Crippen LogP contribution in [0.1, 0.15) is 15.9 Å². The van der Waals surface area contributed by atoms with E-state index in [2.05, 4.69) is 36.8 Å². The minimum atomic E-state index is -0.818. The number of aromatic nitrogens is 2. The molecule has 4 aromatic rings. The third-order valence-corrected chi connectivity index (χ3v) is 6.40. The van der Waals surface area contributed by atoms with Gasteiger partial charge < -0.3 is 10.1 Å². The summed E-state index contributed by atoms with van der Waals surface area (Å²) in [4.78, 5) is 26.1. The third kappa shape index (κ3) is 6.06. The average Bonchev–Trinajstić information content (AvgIpc) is 3.33. The first-order valence-electron chi connectivity index (χ1n) is 10.4. The van der Waals surface area contributed by atoms with Gasteiger partial charge in [-0.05, 0) is 35.9 Å². The molecule has 0 fully saturated rings. The highest BCUT2D eigenvalue weighted by Gasteiger charge is 2.23. The number of rotatable bonds is 8. The summed E-state index contributed by atoms with van der Waals surface area (Å²) in [6.45, 7) is 0. The van der Waals surface area contributed by atoms with Gasteiger partial charge in [0.25, 0.3) is 5.91 Å². The standard InChI is InChI=1S/C25H21BrN4O3S/c1-33-20-9-5-8-18(15-20)22(31)27-21(14-16-6-3-2-4-7-16)23(32)28-25-30-29-24(34-25)17-10-12-19(26)13-11-17/h2-13,15,21H,14H2,1H3,(H,27,31)(H,28,30,32)/t21-/m0/s1. The molecule has 1 atom stereocenters. The average molecular weight is 537 g/mol. The Hall–Kier alpha value is -3.56. The van der Waals surface area contributed by atoms with Gasteiger partial charge in [-0.3, -0.25) is 14.9 Å². The zero-order valence-electron chi connectivity index (χ0n) is 18.2. The second kappa shape index (κ2) is 11.0. The molecular formula is C25H21BrN4O3S. The highest BCUT2D eigenvalue weighted by atomic mass is 79.9. The van der Waals surface area contributed by atoms with E-state index in [1.807, 2.05) is 54.6 Å². The van der Waals surface area contributed by atoms with E-state index in [-0.39, 0.29) is 11.8 Å². The number of amides is 2. The molecule has 0 bridgehead atoms. The maximum absolute atomic E-state index is 13.2. The number of halogens is 1. The largest absolute Gasteiger partial charge is 0.497 e. The molecule has 9 heteroatoms. The Labute approximate surface area is 209 Å². The lowest BCUT2D eigenvalue weighted by atomic mass is 10.0. The zero-order chi connectivity index (χ0) is 23.9. The molecule has 7 nitrogen and oxygen atoms in total. The predicted molar refractivity (Wildman–Crippen MR) is 136 cm³/mol. The molecule has 0 saturated carbocycles. The van der Waals surface area contributed by atoms with Crippen molar-refractivity contribution in [3.8, 4) is 16.3 Å². The molecule has 0 aliphatic rings. The summed E-state index contributed by atoms with van der Waals surface area (Å²) in [5, 5.41) is 15.0. The predicted octanol–water partition coefficient (Wildman–Crippen LogP) is 4.96. The maximum Gasteiger partial charge on any atom is 0.252 e. The van der Waals surface area contributed by atoms with Crippen LogP contribution in [-0.4, -0.2) is 35.2 Å². The minimum Gasteiger partial charge on any atom is -0.497 e. The van der Waals surface area contributed by atoms with Gasteiger partial charge in [-0.25, -0.2) is 0 Å². The first-order chi connectivity index (χ1) is 16.5. The highest BCUT2D eigenvalue weighted by Crippen LogP contribution is 2.27. The van der Waals surface area contributed by atoms with Gasteiger partial charge in [-0.1, -0.05) is 75.8 Å². The van der Waals surface area contributed by atoms with E-state index in [0.717, 1.165) is 15.6 Å². The van der Waals surface area contributed by atoms with Crippen molar-refractivity contribution < 1.29 is 14.3 Å². The number of nitrogens with zero attached hydrogens (tertiary/aromatic N) is 2. The molecule has 3 aromatic carbocycles. The lowest BCUT2D eigenvalue weighted by Gasteiger charge is -2.18. The van der Waals surface area contributed by atoms with Gasteiger partial charge in [0.05, 0.1) is 7.11 Å². The summed E-state index contributed by atoms with van der Waals surface area (Å²) in [5.41, 5.74) is 2.22. The Bertz CT molecular complexity index is 1280. The summed E-state index contributed by atoms with van der Waals surface area (Å²) >= 11 is 4.68. The fraction of sp³-hybridized carbons (Fsp3) is 0.120. The van der Waals surface area contributed by atoms with Crippen molar-refractivity contribution in [2.24, 2.45) is 0 Å². The van der Waals surface area contributed by atoms with E-state index in [4.69, 9.17) is 4.74 Å². The first kappa shape index (κ1) is 23.6. The van der Waals surface area contributed by atoms with E-state index in [9.17, 15) is 9.59 Å². The molecule has 0 spiro atoms. The normalized spacial score (nSPS) is 11.5. The first-order valence-corrected chi connectivity index (χ1v) is 12.0. The second-order valence-corrected chi connectivity index (χ2v) is 9.25. The van der Waals surface area contributed by atoms with Gasteiger partial charge in [0.2, 0.25) is 11.0 Å². The van der Waals surface area contributed by atoms with Crippen molar-refractivity contribution in [1.82, 2.24) is 15.5 Å². The van der Waals surface area contributed by atoms with Crippen molar-refractivity contribution >= 4 is 44.2 Å². The van der Waals surface area contributed by atoms with E-state index in [1.165, 1.54) is 18.4 Å². The maximum atomic E-state index is 13.2. The van der Waals surface area contributed by atoms with Gasteiger partial charge in [-0.2, -0.15) is 0 Å². The van der Waals surface area contributed by atoms with Crippen molar-refractivity contribution in [2.45, 2.75) is 12.5 Å². The summed E-state index contributed by atoms with van der Waals surface area (Å²) in [6.07, 6.45) is 0.320. The Kier molecular flexibility index (Phi) is 7.66. The molecule has 2 amide bonds. The number of methoxy groups -OCH3 is 1. The smallest absolute Gasteiger partial charge is 0.252 e. The molecule has 2 N–H and O–H groups in total. The van der Waals surface area contributed by atoms with Crippen LogP contribution < -0.4 is 15.4 Å².